The summed E-state index contributed by atoms with van der Waals surface area (Å²) in [5.41, 5.74) is 1.16. The molecule has 1 nitrogen and oxygen atoms in total. The van der Waals surface area contributed by atoms with E-state index in [-0.39, 0.29) is 0 Å². The number of allylic oxidation sites excluding steroid dienone is 3. The van der Waals surface area contributed by atoms with E-state index in [2.05, 4.69) is 5.32 Å². The third kappa shape index (κ3) is 2.45. The zero-order chi connectivity index (χ0) is 6.41. The summed E-state index contributed by atoms with van der Waals surface area (Å²) in [5, 5.41) is 3.03. The van der Waals surface area contributed by atoms with Gasteiger partial charge >= 0.3 is 0 Å². The summed E-state index contributed by atoms with van der Waals surface area (Å²) in [4.78, 5) is 0. The predicted molar refractivity (Wildman–Crippen MR) is 37.6 cm³/mol. The van der Waals surface area contributed by atoms with Gasteiger partial charge in [-0.1, -0.05) is 12.2 Å². The Morgan fingerprint density at radius 1 is 1.38 bits per heavy atom. The fourth-order valence-corrected chi connectivity index (χ4v) is 0.503. The van der Waals surface area contributed by atoms with Crippen LogP contribution >= 0.6 is 0 Å². The standard InChI is InChI=1S/C7H13N/c1-4-6-7(5-2)8-3/h4-6,8H,1-3H3/b6-4-,7-5-. The minimum Gasteiger partial charge on any atom is -0.388 e. The summed E-state index contributed by atoms with van der Waals surface area (Å²) in [6.07, 6.45) is 6.06. The van der Waals surface area contributed by atoms with Crippen molar-refractivity contribution in [1.29, 1.82) is 0 Å². The lowest BCUT2D eigenvalue weighted by Gasteiger charge is -1.95. The van der Waals surface area contributed by atoms with E-state index < -0.39 is 0 Å². The van der Waals surface area contributed by atoms with Crippen LogP contribution in [0.1, 0.15) is 13.8 Å². The Balaban J connectivity index is 3.72. The Morgan fingerprint density at radius 2 is 2.00 bits per heavy atom. The van der Waals surface area contributed by atoms with Crippen LogP contribution < -0.4 is 5.32 Å². The highest BCUT2D eigenvalue weighted by molar-refractivity contribution is 5.14. The lowest BCUT2D eigenvalue weighted by molar-refractivity contribution is 1.03. The zero-order valence-electron chi connectivity index (χ0n) is 5.73. The largest absolute Gasteiger partial charge is 0.388 e. The van der Waals surface area contributed by atoms with Gasteiger partial charge < -0.3 is 5.32 Å². The van der Waals surface area contributed by atoms with Crippen molar-refractivity contribution in [3.05, 3.63) is 23.9 Å². The van der Waals surface area contributed by atoms with Crippen LogP contribution in [0.4, 0.5) is 0 Å². The van der Waals surface area contributed by atoms with Gasteiger partial charge in [0, 0.05) is 12.7 Å². The van der Waals surface area contributed by atoms with E-state index in [9.17, 15) is 0 Å². The third-order valence-corrected chi connectivity index (χ3v) is 0.946. The van der Waals surface area contributed by atoms with Crippen LogP contribution in [0, 0.1) is 0 Å². The first-order valence-corrected chi connectivity index (χ1v) is 2.82. The van der Waals surface area contributed by atoms with Crippen molar-refractivity contribution in [3.63, 3.8) is 0 Å². The molecule has 0 aromatic rings. The van der Waals surface area contributed by atoms with Gasteiger partial charge in [0.25, 0.3) is 0 Å². The summed E-state index contributed by atoms with van der Waals surface area (Å²) in [5.74, 6) is 0. The second-order valence-electron chi connectivity index (χ2n) is 1.49. The molecule has 1 heteroatoms. The molecule has 0 rings (SSSR count). The van der Waals surface area contributed by atoms with E-state index in [1.54, 1.807) is 0 Å². The average molecular weight is 111 g/mol. The molecule has 1 N–H and O–H groups in total. The molecule has 0 atom stereocenters. The maximum atomic E-state index is 3.03. The number of rotatable bonds is 2. The van der Waals surface area contributed by atoms with Gasteiger partial charge in [0.2, 0.25) is 0 Å². The van der Waals surface area contributed by atoms with Crippen molar-refractivity contribution in [2.24, 2.45) is 0 Å². The molecule has 0 aliphatic carbocycles. The Labute approximate surface area is 51.1 Å². The van der Waals surface area contributed by atoms with E-state index in [4.69, 9.17) is 0 Å². The summed E-state index contributed by atoms with van der Waals surface area (Å²) in [6, 6.07) is 0. The van der Waals surface area contributed by atoms with Gasteiger partial charge in [-0.2, -0.15) is 0 Å². The van der Waals surface area contributed by atoms with Gasteiger partial charge in [0.15, 0.2) is 0 Å². The van der Waals surface area contributed by atoms with Gasteiger partial charge in [0.1, 0.15) is 0 Å². The molecule has 0 aromatic carbocycles. The monoisotopic (exact) mass is 111 g/mol. The normalized spacial score (nSPS) is 12.6. The van der Waals surface area contributed by atoms with E-state index in [1.165, 1.54) is 0 Å². The minimum absolute atomic E-state index is 1.16. The molecule has 0 aliphatic heterocycles. The van der Waals surface area contributed by atoms with Crippen LogP contribution in [-0.2, 0) is 0 Å². The molecule has 0 spiro atoms. The molecule has 0 saturated carbocycles. The quantitative estimate of drug-likeness (QED) is 0.535. The van der Waals surface area contributed by atoms with Crippen LogP contribution in [0.25, 0.3) is 0 Å². The van der Waals surface area contributed by atoms with Gasteiger partial charge in [-0.15, -0.1) is 0 Å². The lowest BCUT2D eigenvalue weighted by Crippen LogP contribution is -2.01. The molecule has 0 aromatic heterocycles. The zero-order valence-corrected chi connectivity index (χ0v) is 5.73. The van der Waals surface area contributed by atoms with Gasteiger partial charge in [-0.3, -0.25) is 0 Å². The molecule has 0 radical (unpaired) electrons. The average Bonchev–Trinajstić information content (AvgIpc) is 1.83. The molecule has 0 bridgehead atoms. The molecule has 0 amide bonds. The summed E-state index contributed by atoms with van der Waals surface area (Å²) < 4.78 is 0. The first-order valence-electron chi connectivity index (χ1n) is 2.82. The van der Waals surface area contributed by atoms with E-state index in [1.807, 2.05) is 39.1 Å². The highest BCUT2D eigenvalue weighted by atomic mass is 14.8. The Hall–Kier alpha value is -0.720. The first-order chi connectivity index (χ1) is 3.85. The molecular weight excluding hydrogens is 98.1 g/mol. The van der Waals surface area contributed by atoms with E-state index in [0.717, 1.165) is 5.70 Å². The molecule has 0 fully saturated rings. The molecular formula is C7H13N. The molecule has 0 saturated heterocycles. The second kappa shape index (κ2) is 4.44. The summed E-state index contributed by atoms with van der Waals surface area (Å²) >= 11 is 0. The first kappa shape index (κ1) is 7.28. The fourth-order valence-electron chi connectivity index (χ4n) is 0.503. The van der Waals surface area contributed by atoms with Crippen molar-refractivity contribution >= 4 is 0 Å². The van der Waals surface area contributed by atoms with Gasteiger partial charge in [-0.25, -0.2) is 0 Å². The molecule has 8 heavy (non-hydrogen) atoms. The molecule has 0 heterocycles. The van der Waals surface area contributed by atoms with Crippen molar-refractivity contribution < 1.29 is 0 Å². The third-order valence-electron chi connectivity index (χ3n) is 0.946. The van der Waals surface area contributed by atoms with Crippen LogP contribution in [0.15, 0.2) is 23.9 Å². The number of hydrogen-bond donors (Lipinski definition) is 1. The van der Waals surface area contributed by atoms with Crippen molar-refractivity contribution in [2.45, 2.75) is 13.8 Å². The second-order valence-corrected chi connectivity index (χ2v) is 1.49. The molecule has 46 valence electrons. The fraction of sp³-hybridized carbons (Fsp3) is 0.429. The van der Waals surface area contributed by atoms with Crippen molar-refractivity contribution in [3.8, 4) is 0 Å². The molecule has 0 unspecified atom stereocenters. The van der Waals surface area contributed by atoms with Gasteiger partial charge in [0.05, 0.1) is 0 Å². The van der Waals surface area contributed by atoms with E-state index >= 15 is 0 Å². The topological polar surface area (TPSA) is 12.0 Å². The maximum Gasteiger partial charge on any atom is 0.0290 e. The van der Waals surface area contributed by atoms with Crippen LogP contribution in [-0.4, -0.2) is 7.05 Å². The Kier molecular flexibility index (Phi) is 4.04. The minimum atomic E-state index is 1.16. The van der Waals surface area contributed by atoms with Crippen molar-refractivity contribution in [2.75, 3.05) is 7.05 Å². The number of nitrogens with one attached hydrogen (secondary N) is 1. The van der Waals surface area contributed by atoms with Gasteiger partial charge in [-0.05, 0) is 19.9 Å². The van der Waals surface area contributed by atoms with E-state index in [0.29, 0.717) is 0 Å². The Bertz CT molecular complexity index is 98.2. The summed E-state index contributed by atoms with van der Waals surface area (Å²) in [6.45, 7) is 4.01. The lowest BCUT2D eigenvalue weighted by atomic mass is 10.4. The highest BCUT2D eigenvalue weighted by Gasteiger charge is 1.76. The molecule has 0 aliphatic rings. The number of likely N-dealkylation sites (N-methyl/N-ethyl adjacent to an activating group) is 1. The summed E-state index contributed by atoms with van der Waals surface area (Å²) in [7, 11) is 1.91. The highest BCUT2D eigenvalue weighted by Crippen LogP contribution is 1.87. The maximum absolute atomic E-state index is 3.03. The predicted octanol–water partition coefficient (Wildman–Crippen LogP) is 1.69. The van der Waals surface area contributed by atoms with Crippen LogP contribution in [0.3, 0.4) is 0 Å². The van der Waals surface area contributed by atoms with Crippen LogP contribution in [0.5, 0.6) is 0 Å². The number of hydrogen-bond acceptors (Lipinski definition) is 1. The SMILES string of the molecule is C/C=C\C(=C\C)NC. The Morgan fingerprint density at radius 3 is 2.12 bits per heavy atom. The van der Waals surface area contributed by atoms with Crippen LogP contribution in [0.2, 0.25) is 0 Å². The smallest absolute Gasteiger partial charge is 0.0290 e. The van der Waals surface area contributed by atoms with Crippen molar-refractivity contribution in [1.82, 2.24) is 5.32 Å².